The number of pyridine rings is 1. The van der Waals surface area contributed by atoms with Crippen LogP contribution in [0.3, 0.4) is 0 Å². The SMILES string of the molecule is O=C(C[n+]1cc(Br)cc2ccccc21)c1ccc2c(c1)Cc1ccccc1-2.[Br-]. The van der Waals surface area contributed by atoms with Gasteiger partial charge in [0.2, 0.25) is 17.8 Å². The highest BCUT2D eigenvalue weighted by Crippen LogP contribution is 2.36. The maximum absolute atomic E-state index is 13.0. The van der Waals surface area contributed by atoms with E-state index in [0.717, 1.165) is 27.4 Å². The van der Waals surface area contributed by atoms with E-state index in [4.69, 9.17) is 0 Å². The van der Waals surface area contributed by atoms with E-state index in [-0.39, 0.29) is 22.8 Å². The summed E-state index contributed by atoms with van der Waals surface area (Å²) < 4.78 is 2.99. The summed E-state index contributed by atoms with van der Waals surface area (Å²) in [6.07, 6.45) is 2.88. The molecule has 0 bridgehead atoms. The molecule has 138 valence electrons. The van der Waals surface area contributed by atoms with Crippen LogP contribution in [0.15, 0.2) is 83.5 Å². The second-order valence-electron chi connectivity index (χ2n) is 6.97. The average Bonchev–Trinajstić information content (AvgIpc) is 3.05. The largest absolute Gasteiger partial charge is 1.00 e. The molecular weight excluding hydrogens is 478 g/mol. The molecule has 0 saturated carbocycles. The first-order chi connectivity index (χ1) is 13.2. The standard InChI is InChI=1S/C24H17BrNO.BrH/c25-20-13-17-6-2-4-8-23(17)26(14-20)15-24(27)18-9-10-22-19(12-18)11-16-5-1-3-7-21(16)22;/h1-10,12-14H,11,15H2;1H/q+1;/p-1. The van der Waals surface area contributed by atoms with Gasteiger partial charge in [0.1, 0.15) is 0 Å². The van der Waals surface area contributed by atoms with Crippen molar-refractivity contribution in [3.8, 4) is 11.1 Å². The van der Waals surface area contributed by atoms with Crippen LogP contribution < -0.4 is 21.5 Å². The molecule has 0 spiro atoms. The number of ketones is 1. The highest BCUT2D eigenvalue weighted by Gasteiger charge is 2.21. The molecule has 0 atom stereocenters. The predicted molar refractivity (Wildman–Crippen MR) is 111 cm³/mol. The molecule has 2 nitrogen and oxygen atoms in total. The molecule has 28 heavy (non-hydrogen) atoms. The third-order valence-electron chi connectivity index (χ3n) is 5.25. The molecule has 0 radical (unpaired) electrons. The van der Waals surface area contributed by atoms with Crippen molar-refractivity contribution in [2.45, 2.75) is 13.0 Å². The molecule has 3 aromatic carbocycles. The van der Waals surface area contributed by atoms with Crippen LogP contribution >= 0.6 is 15.9 Å². The molecule has 0 amide bonds. The van der Waals surface area contributed by atoms with Crippen LogP contribution in [-0.4, -0.2) is 5.78 Å². The van der Waals surface area contributed by atoms with Gasteiger partial charge in [-0.25, -0.2) is 0 Å². The molecule has 0 unspecified atom stereocenters. The fourth-order valence-electron chi connectivity index (χ4n) is 3.97. The third kappa shape index (κ3) is 3.31. The van der Waals surface area contributed by atoms with Crippen LogP contribution in [0.5, 0.6) is 0 Å². The fourth-order valence-corrected chi connectivity index (χ4v) is 4.46. The zero-order valence-corrected chi connectivity index (χ0v) is 18.2. The van der Waals surface area contributed by atoms with Crippen molar-refractivity contribution in [1.82, 2.24) is 0 Å². The Morgan fingerprint density at radius 2 is 1.64 bits per heavy atom. The molecule has 1 aliphatic rings. The van der Waals surface area contributed by atoms with E-state index >= 15 is 0 Å². The predicted octanol–water partition coefficient (Wildman–Crippen LogP) is 2.35. The molecule has 1 heterocycles. The van der Waals surface area contributed by atoms with Gasteiger partial charge in [-0.3, -0.25) is 4.79 Å². The Balaban J connectivity index is 0.00000192. The van der Waals surface area contributed by atoms with Gasteiger partial charge in [0.15, 0.2) is 6.20 Å². The Morgan fingerprint density at radius 3 is 2.54 bits per heavy atom. The van der Waals surface area contributed by atoms with E-state index < -0.39 is 0 Å². The van der Waals surface area contributed by atoms with Gasteiger partial charge < -0.3 is 17.0 Å². The number of fused-ring (bicyclic) bond motifs is 4. The quantitative estimate of drug-likeness (QED) is 0.278. The van der Waals surface area contributed by atoms with Crippen LogP contribution in [0.2, 0.25) is 0 Å². The number of benzene rings is 3. The highest BCUT2D eigenvalue weighted by molar-refractivity contribution is 9.10. The normalized spacial score (nSPS) is 11.6. The smallest absolute Gasteiger partial charge is 0.227 e. The van der Waals surface area contributed by atoms with Crippen LogP contribution in [0, 0.1) is 0 Å². The zero-order valence-electron chi connectivity index (χ0n) is 15.0. The fraction of sp³-hybridized carbons (Fsp3) is 0.0833. The number of nitrogens with zero attached hydrogens (tertiary/aromatic N) is 1. The summed E-state index contributed by atoms with van der Waals surface area (Å²) in [5.41, 5.74) is 6.96. The van der Waals surface area contributed by atoms with Crippen molar-refractivity contribution < 1.29 is 26.3 Å². The third-order valence-corrected chi connectivity index (χ3v) is 5.68. The summed E-state index contributed by atoms with van der Waals surface area (Å²) in [4.78, 5) is 13.0. The van der Waals surface area contributed by atoms with Crippen LogP contribution in [-0.2, 0) is 13.0 Å². The van der Waals surface area contributed by atoms with E-state index in [2.05, 4.69) is 64.5 Å². The second kappa shape index (κ2) is 7.61. The highest BCUT2D eigenvalue weighted by atomic mass is 79.9. The van der Waals surface area contributed by atoms with E-state index in [1.807, 2.05) is 35.0 Å². The summed E-state index contributed by atoms with van der Waals surface area (Å²) in [6.45, 7) is 0.325. The lowest BCUT2D eigenvalue weighted by molar-refractivity contribution is -0.657. The average molecular weight is 495 g/mol. The van der Waals surface area contributed by atoms with Crippen LogP contribution in [0.4, 0.5) is 0 Å². The number of halogens is 2. The van der Waals surface area contributed by atoms with Crippen molar-refractivity contribution in [3.63, 3.8) is 0 Å². The Hall–Kier alpha value is -2.30. The molecule has 0 N–H and O–H groups in total. The summed E-state index contributed by atoms with van der Waals surface area (Å²) in [5.74, 6) is 0.127. The Bertz CT molecular complexity index is 1220. The first-order valence-electron chi connectivity index (χ1n) is 9.01. The van der Waals surface area contributed by atoms with Gasteiger partial charge in [0.05, 0.1) is 4.47 Å². The van der Waals surface area contributed by atoms with E-state index in [1.165, 1.54) is 22.3 Å². The monoisotopic (exact) mass is 493 g/mol. The van der Waals surface area contributed by atoms with E-state index in [1.54, 1.807) is 0 Å². The molecule has 1 aliphatic carbocycles. The number of hydrogen-bond acceptors (Lipinski definition) is 1. The Labute approximate surface area is 182 Å². The molecule has 0 saturated heterocycles. The second-order valence-corrected chi connectivity index (χ2v) is 7.89. The molecule has 0 fully saturated rings. The van der Waals surface area contributed by atoms with E-state index in [9.17, 15) is 4.79 Å². The maximum Gasteiger partial charge on any atom is 0.227 e. The van der Waals surface area contributed by atoms with Gasteiger partial charge >= 0.3 is 0 Å². The minimum absolute atomic E-state index is 0. The molecule has 4 heteroatoms. The summed E-state index contributed by atoms with van der Waals surface area (Å²) in [6, 6.07) is 24.8. The summed E-state index contributed by atoms with van der Waals surface area (Å²) in [5, 5.41) is 1.11. The van der Waals surface area contributed by atoms with Crippen molar-refractivity contribution >= 4 is 32.6 Å². The summed E-state index contributed by atoms with van der Waals surface area (Å²) >= 11 is 3.55. The van der Waals surface area contributed by atoms with Gasteiger partial charge in [-0.1, -0.05) is 48.5 Å². The van der Waals surface area contributed by atoms with Gasteiger partial charge in [0.25, 0.3) is 0 Å². The van der Waals surface area contributed by atoms with Crippen molar-refractivity contribution in [2.24, 2.45) is 0 Å². The number of aromatic nitrogens is 1. The van der Waals surface area contributed by atoms with Gasteiger partial charge in [-0.15, -0.1) is 0 Å². The van der Waals surface area contributed by atoms with Gasteiger partial charge in [0, 0.05) is 17.0 Å². The van der Waals surface area contributed by atoms with Crippen LogP contribution in [0.1, 0.15) is 21.5 Å². The zero-order chi connectivity index (χ0) is 18.4. The minimum atomic E-state index is 0. The number of Topliss-reactive ketones (excluding diaryl/α,β-unsaturated/α-hetero) is 1. The lowest BCUT2D eigenvalue weighted by Crippen LogP contribution is -3.00. The maximum atomic E-state index is 13.0. The molecular formula is C24H17Br2NO. The Morgan fingerprint density at radius 1 is 0.893 bits per heavy atom. The van der Waals surface area contributed by atoms with E-state index in [0.29, 0.717) is 6.54 Å². The number of carbonyl (C=O) groups is 1. The van der Waals surface area contributed by atoms with Crippen LogP contribution in [0.25, 0.3) is 22.0 Å². The number of rotatable bonds is 3. The molecule has 4 aromatic rings. The Kier molecular flexibility index (Phi) is 5.17. The van der Waals surface area contributed by atoms with Crippen molar-refractivity contribution in [3.05, 3.63) is 100 Å². The van der Waals surface area contributed by atoms with Crippen molar-refractivity contribution in [1.29, 1.82) is 0 Å². The molecule has 0 aliphatic heterocycles. The first-order valence-corrected chi connectivity index (χ1v) is 9.80. The molecule has 5 rings (SSSR count). The number of hydrogen-bond donors (Lipinski definition) is 0. The topological polar surface area (TPSA) is 20.9 Å². The molecule has 1 aromatic heterocycles. The van der Waals surface area contributed by atoms with Gasteiger partial charge in [-0.2, -0.15) is 4.57 Å². The lowest BCUT2D eigenvalue weighted by atomic mass is 10.0. The number of para-hydroxylation sites is 1. The first kappa shape index (κ1) is 19.0. The number of carbonyl (C=O) groups excluding carboxylic acids is 1. The van der Waals surface area contributed by atoms with Gasteiger partial charge in [-0.05, 0) is 62.8 Å². The summed E-state index contributed by atoms with van der Waals surface area (Å²) in [7, 11) is 0. The van der Waals surface area contributed by atoms with Crippen molar-refractivity contribution in [2.75, 3.05) is 0 Å². The lowest BCUT2D eigenvalue weighted by Gasteiger charge is -2.05. The minimum Gasteiger partial charge on any atom is -1.00 e.